The molecule has 0 saturated heterocycles. The Morgan fingerprint density at radius 1 is 0.917 bits per heavy atom. The molecule has 0 bridgehead atoms. The lowest BCUT2D eigenvalue weighted by atomic mass is 9.82. The Balaban J connectivity index is 2.97. The van der Waals surface area contributed by atoms with Crippen LogP contribution in [0.25, 0.3) is 0 Å². The minimum atomic E-state index is -0.201. The molecule has 0 radical (unpaired) electrons. The van der Waals surface area contributed by atoms with Crippen LogP contribution in [-0.2, 0) is 10.3 Å². The Bertz CT molecular complexity index is 420. The smallest absolute Gasteiger partial charge is 0.115 e. The molecule has 0 spiro atoms. The number of benzene rings is 1. The monoisotopic (exact) mass is 334 g/mol. The van der Waals surface area contributed by atoms with Crippen molar-refractivity contribution in [1.82, 2.24) is 0 Å². The molecule has 1 aromatic rings. The average molecular weight is 335 g/mol. The zero-order chi connectivity index (χ0) is 18.0. The molecule has 0 atom stereocenters. The molecule has 0 aromatic heterocycles. The highest BCUT2D eigenvalue weighted by atomic mass is 16.5. The standard InChI is InChI=1S/C22H38O2/c1-6-17-24-22(15-7-9-18(2)3,16-8-10-19(4)5)20-11-13-21(23)14-12-20/h11-14,18-19,23H,6-10,15-17H2,1-5H3. The van der Waals surface area contributed by atoms with E-state index in [2.05, 4.69) is 46.8 Å². The van der Waals surface area contributed by atoms with Gasteiger partial charge in [-0.1, -0.05) is 59.6 Å². The van der Waals surface area contributed by atoms with Crippen LogP contribution in [0.15, 0.2) is 24.3 Å². The van der Waals surface area contributed by atoms with E-state index in [1.807, 2.05) is 0 Å². The molecule has 1 rings (SSSR count). The molecule has 0 amide bonds. The fourth-order valence-electron chi connectivity index (χ4n) is 3.30. The molecule has 2 nitrogen and oxygen atoms in total. The topological polar surface area (TPSA) is 29.5 Å². The molecule has 2 heteroatoms. The third kappa shape index (κ3) is 7.25. The molecule has 1 aromatic carbocycles. The second kappa shape index (κ2) is 10.8. The molecule has 0 fully saturated rings. The van der Waals surface area contributed by atoms with Crippen molar-refractivity contribution in [2.45, 2.75) is 85.2 Å². The van der Waals surface area contributed by atoms with Crippen LogP contribution in [0.2, 0.25) is 0 Å². The zero-order valence-electron chi connectivity index (χ0n) is 16.5. The van der Waals surface area contributed by atoms with Crippen LogP contribution in [0.4, 0.5) is 0 Å². The zero-order valence-corrected chi connectivity index (χ0v) is 16.5. The van der Waals surface area contributed by atoms with E-state index in [0.29, 0.717) is 5.75 Å². The van der Waals surface area contributed by atoms with Crippen molar-refractivity contribution in [2.24, 2.45) is 11.8 Å². The van der Waals surface area contributed by atoms with E-state index >= 15 is 0 Å². The maximum absolute atomic E-state index is 9.66. The number of phenolic OH excluding ortho intramolecular Hbond substituents is 1. The number of aromatic hydroxyl groups is 1. The van der Waals surface area contributed by atoms with Gasteiger partial charge in [0.25, 0.3) is 0 Å². The van der Waals surface area contributed by atoms with Crippen molar-refractivity contribution in [3.63, 3.8) is 0 Å². The van der Waals surface area contributed by atoms with E-state index in [1.165, 1.54) is 31.2 Å². The Morgan fingerprint density at radius 3 is 1.83 bits per heavy atom. The molecule has 0 saturated carbocycles. The van der Waals surface area contributed by atoms with E-state index in [1.54, 1.807) is 12.1 Å². The number of rotatable bonds is 12. The highest BCUT2D eigenvalue weighted by Gasteiger charge is 2.32. The normalized spacial score (nSPS) is 12.3. The van der Waals surface area contributed by atoms with Gasteiger partial charge in [0.05, 0.1) is 5.60 Å². The van der Waals surface area contributed by atoms with Gasteiger partial charge in [-0.2, -0.15) is 0 Å². The van der Waals surface area contributed by atoms with Crippen LogP contribution >= 0.6 is 0 Å². The summed E-state index contributed by atoms with van der Waals surface area (Å²) in [6.07, 6.45) is 8.00. The second-order valence-corrected chi connectivity index (χ2v) is 7.96. The van der Waals surface area contributed by atoms with Gasteiger partial charge in [-0.15, -0.1) is 0 Å². The van der Waals surface area contributed by atoms with E-state index in [0.717, 1.165) is 37.7 Å². The number of hydrogen-bond donors (Lipinski definition) is 1. The van der Waals surface area contributed by atoms with Gasteiger partial charge in [-0.25, -0.2) is 0 Å². The van der Waals surface area contributed by atoms with E-state index in [4.69, 9.17) is 4.74 Å². The average Bonchev–Trinajstić information content (AvgIpc) is 2.52. The number of phenols is 1. The number of ether oxygens (including phenoxy) is 1. The molecule has 138 valence electrons. The van der Waals surface area contributed by atoms with Crippen LogP contribution in [0.3, 0.4) is 0 Å². The van der Waals surface area contributed by atoms with Gasteiger partial charge < -0.3 is 9.84 Å². The van der Waals surface area contributed by atoms with Crippen molar-refractivity contribution in [2.75, 3.05) is 6.61 Å². The summed E-state index contributed by atoms with van der Waals surface area (Å²) >= 11 is 0. The predicted molar refractivity (Wildman–Crippen MR) is 103 cm³/mol. The Morgan fingerprint density at radius 2 is 1.42 bits per heavy atom. The van der Waals surface area contributed by atoms with Gasteiger partial charge in [0.1, 0.15) is 5.75 Å². The van der Waals surface area contributed by atoms with Crippen LogP contribution in [0.1, 0.15) is 85.1 Å². The summed E-state index contributed by atoms with van der Waals surface area (Å²) in [6, 6.07) is 7.69. The molecule has 0 aliphatic carbocycles. The summed E-state index contributed by atoms with van der Waals surface area (Å²) in [5, 5.41) is 9.66. The molecule has 24 heavy (non-hydrogen) atoms. The van der Waals surface area contributed by atoms with E-state index in [-0.39, 0.29) is 5.60 Å². The largest absolute Gasteiger partial charge is 0.508 e. The summed E-state index contributed by atoms with van der Waals surface area (Å²) in [4.78, 5) is 0. The molecular formula is C22H38O2. The lowest BCUT2D eigenvalue weighted by Crippen LogP contribution is -2.31. The first-order chi connectivity index (χ1) is 11.4. The van der Waals surface area contributed by atoms with Crippen LogP contribution in [0, 0.1) is 11.8 Å². The molecule has 0 aliphatic rings. The van der Waals surface area contributed by atoms with Crippen molar-refractivity contribution >= 4 is 0 Å². The van der Waals surface area contributed by atoms with Gasteiger partial charge in [0, 0.05) is 6.61 Å². The predicted octanol–water partition coefficient (Wildman–Crippen LogP) is 6.67. The van der Waals surface area contributed by atoms with Crippen molar-refractivity contribution < 1.29 is 9.84 Å². The minimum absolute atomic E-state index is 0.201. The highest BCUT2D eigenvalue weighted by Crippen LogP contribution is 2.38. The van der Waals surface area contributed by atoms with E-state index < -0.39 is 0 Å². The summed E-state index contributed by atoms with van der Waals surface area (Å²) in [5.41, 5.74) is 1.02. The van der Waals surface area contributed by atoms with Crippen molar-refractivity contribution in [3.05, 3.63) is 29.8 Å². The van der Waals surface area contributed by atoms with Crippen LogP contribution in [-0.4, -0.2) is 11.7 Å². The molecule has 0 heterocycles. The first-order valence-electron chi connectivity index (χ1n) is 9.83. The Hall–Kier alpha value is -1.02. The highest BCUT2D eigenvalue weighted by molar-refractivity contribution is 5.30. The second-order valence-electron chi connectivity index (χ2n) is 7.96. The Kier molecular flexibility index (Phi) is 9.43. The van der Waals surface area contributed by atoms with Crippen molar-refractivity contribution in [1.29, 1.82) is 0 Å². The van der Waals surface area contributed by atoms with E-state index in [9.17, 15) is 5.11 Å². The number of hydrogen-bond acceptors (Lipinski definition) is 2. The third-order valence-electron chi connectivity index (χ3n) is 4.70. The van der Waals surface area contributed by atoms with Crippen LogP contribution in [0.5, 0.6) is 5.75 Å². The summed E-state index contributed by atoms with van der Waals surface area (Å²) in [5.74, 6) is 1.78. The van der Waals surface area contributed by atoms with Crippen LogP contribution < -0.4 is 0 Å². The summed E-state index contributed by atoms with van der Waals surface area (Å²) < 4.78 is 6.49. The van der Waals surface area contributed by atoms with Gasteiger partial charge in [0.2, 0.25) is 0 Å². The van der Waals surface area contributed by atoms with Crippen molar-refractivity contribution in [3.8, 4) is 5.75 Å². The quantitative estimate of drug-likeness (QED) is 0.462. The third-order valence-corrected chi connectivity index (χ3v) is 4.70. The molecule has 0 unspecified atom stereocenters. The SMILES string of the molecule is CCCOC(CCCC(C)C)(CCCC(C)C)c1ccc(O)cc1. The lowest BCUT2D eigenvalue weighted by molar-refractivity contribution is -0.0671. The first kappa shape index (κ1) is 21.0. The fraction of sp³-hybridized carbons (Fsp3) is 0.727. The maximum Gasteiger partial charge on any atom is 0.115 e. The van der Waals surface area contributed by atoms with Gasteiger partial charge in [-0.05, 0) is 61.6 Å². The van der Waals surface area contributed by atoms with Gasteiger partial charge in [-0.3, -0.25) is 0 Å². The summed E-state index contributed by atoms with van der Waals surface area (Å²) in [6.45, 7) is 12.1. The minimum Gasteiger partial charge on any atom is -0.508 e. The first-order valence-corrected chi connectivity index (χ1v) is 9.83. The fourth-order valence-corrected chi connectivity index (χ4v) is 3.30. The molecule has 1 N–H and O–H groups in total. The lowest BCUT2D eigenvalue weighted by Gasteiger charge is -2.35. The molecule has 0 aliphatic heterocycles. The maximum atomic E-state index is 9.66. The van der Waals surface area contributed by atoms with Gasteiger partial charge in [0.15, 0.2) is 0 Å². The molecular weight excluding hydrogens is 296 g/mol. The Labute approximate surface area is 149 Å². The van der Waals surface area contributed by atoms with Gasteiger partial charge >= 0.3 is 0 Å². The summed E-state index contributed by atoms with van der Waals surface area (Å²) in [7, 11) is 0.